The number of benzene rings is 1. The Bertz CT molecular complexity index is 570. The molecule has 1 fully saturated rings. The van der Waals surface area contributed by atoms with Crippen molar-refractivity contribution in [3.05, 3.63) is 29.8 Å². The highest BCUT2D eigenvalue weighted by atomic mass is 32.2. The number of ketones is 1. The van der Waals surface area contributed by atoms with Gasteiger partial charge in [-0.2, -0.15) is 4.31 Å². The van der Waals surface area contributed by atoms with Crippen molar-refractivity contribution in [3.63, 3.8) is 0 Å². The van der Waals surface area contributed by atoms with E-state index < -0.39 is 10.0 Å². The normalized spacial score (nSPS) is 18.1. The number of carbonyl (C=O) groups is 1. The second kappa shape index (κ2) is 6.06. The van der Waals surface area contributed by atoms with Crippen LogP contribution in [-0.2, 0) is 21.2 Å². The van der Waals surface area contributed by atoms with Crippen molar-refractivity contribution in [1.29, 1.82) is 0 Å². The van der Waals surface area contributed by atoms with E-state index in [0.717, 1.165) is 12.0 Å². The third-order valence-corrected chi connectivity index (χ3v) is 5.91. The highest BCUT2D eigenvalue weighted by Gasteiger charge is 2.30. The fraction of sp³-hybridized carbons (Fsp3) is 0.533. The maximum absolute atomic E-state index is 12.5. The van der Waals surface area contributed by atoms with Gasteiger partial charge in [0.2, 0.25) is 10.0 Å². The lowest BCUT2D eigenvalue weighted by Gasteiger charge is -2.30. The molecule has 1 aromatic rings. The summed E-state index contributed by atoms with van der Waals surface area (Å²) in [6.45, 7) is 4.48. The molecule has 110 valence electrons. The van der Waals surface area contributed by atoms with Gasteiger partial charge in [0.25, 0.3) is 0 Å². The molecule has 2 rings (SSSR count). The van der Waals surface area contributed by atoms with Crippen LogP contribution in [0.3, 0.4) is 0 Å². The summed E-state index contributed by atoms with van der Waals surface area (Å²) in [4.78, 5) is 11.7. The summed E-state index contributed by atoms with van der Waals surface area (Å²) in [5.41, 5.74) is 1.12. The second-order valence-electron chi connectivity index (χ2n) is 5.29. The third-order valence-electron chi connectivity index (χ3n) is 4.00. The van der Waals surface area contributed by atoms with Crippen LogP contribution in [0.2, 0.25) is 0 Å². The van der Waals surface area contributed by atoms with Gasteiger partial charge in [-0.15, -0.1) is 0 Å². The van der Waals surface area contributed by atoms with Crippen LogP contribution in [0.15, 0.2) is 29.2 Å². The minimum Gasteiger partial charge on any atom is -0.300 e. The standard InChI is InChI=1S/C15H21NO3S/c1-3-13-4-6-15(7-5-13)20(18,19)16-10-8-14(9-11-16)12(2)17/h4-7,14H,3,8-11H2,1-2H3. The van der Waals surface area contributed by atoms with E-state index in [0.29, 0.717) is 30.8 Å². The predicted molar refractivity (Wildman–Crippen MR) is 78.0 cm³/mol. The van der Waals surface area contributed by atoms with Crippen molar-refractivity contribution in [2.75, 3.05) is 13.1 Å². The SMILES string of the molecule is CCc1ccc(S(=O)(=O)N2CCC(C(C)=O)CC2)cc1. The Labute approximate surface area is 120 Å². The average molecular weight is 295 g/mol. The van der Waals surface area contributed by atoms with Gasteiger partial charge in [0.1, 0.15) is 5.78 Å². The third kappa shape index (κ3) is 3.10. The summed E-state index contributed by atoms with van der Waals surface area (Å²) >= 11 is 0. The minimum atomic E-state index is -3.41. The summed E-state index contributed by atoms with van der Waals surface area (Å²) in [7, 11) is -3.41. The number of rotatable bonds is 4. The monoisotopic (exact) mass is 295 g/mol. The lowest BCUT2D eigenvalue weighted by molar-refractivity contribution is -0.121. The van der Waals surface area contributed by atoms with E-state index in [9.17, 15) is 13.2 Å². The van der Waals surface area contributed by atoms with Crippen LogP contribution in [0.5, 0.6) is 0 Å². The van der Waals surface area contributed by atoms with Gasteiger partial charge in [-0.3, -0.25) is 4.79 Å². The Morgan fingerprint density at radius 1 is 1.20 bits per heavy atom. The fourth-order valence-electron chi connectivity index (χ4n) is 2.55. The molecule has 0 radical (unpaired) electrons. The lowest BCUT2D eigenvalue weighted by Crippen LogP contribution is -2.39. The molecule has 1 aromatic carbocycles. The molecule has 0 atom stereocenters. The summed E-state index contributed by atoms with van der Waals surface area (Å²) < 4.78 is 26.5. The van der Waals surface area contributed by atoms with Gasteiger partial charge >= 0.3 is 0 Å². The van der Waals surface area contributed by atoms with Crippen molar-refractivity contribution in [2.45, 2.75) is 38.0 Å². The van der Waals surface area contributed by atoms with Gasteiger partial charge in [0.15, 0.2) is 0 Å². The van der Waals surface area contributed by atoms with E-state index in [1.807, 2.05) is 19.1 Å². The molecule has 4 nitrogen and oxygen atoms in total. The maximum atomic E-state index is 12.5. The molecule has 0 N–H and O–H groups in total. The Kier molecular flexibility index (Phi) is 4.60. The molecule has 0 aliphatic carbocycles. The molecule has 0 spiro atoms. The average Bonchev–Trinajstić information content (AvgIpc) is 2.47. The molecular weight excluding hydrogens is 274 g/mol. The first-order valence-electron chi connectivity index (χ1n) is 7.04. The molecule has 1 aliphatic rings. The van der Waals surface area contributed by atoms with E-state index in [1.54, 1.807) is 19.1 Å². The Balaban J connectivity index is 2.13. The minimum absolute atomic E-state index is 0.0175. The van der Waals surface area contributed by atoms with E-state index in [2.05, 4.69) is 0 Å². The van der Waals surface area contributed by atoms with Gasteiger partial charge in [0, 0.05) is 19.0 Å². The molecule has 5 heteroatoms. The van der Waals surface area contributed by atoms with Gasteiger partial charge in [0.05, 0.1) is 4.90 Å². The Hall–Kier alpha value is -1.20. The quantitative estimate of drug-likeness (QED) is 0.856. The van der Waals surface area contributed by atoms with E-state index >= 15 is 0 Å². The molecule has 1 aliphatic heterocycles. The molecule has 20 heavy (non-hydrogen) atoms. The first kappa shape index (κ1) is 15.2. The Morgan fingerprint density at radius 2 is 1.75 bits per heavy atom. The van der Waals surface area contributed by atoms with Crippen molar-refractivity contribution in [3.8, 4) is 0 Å². The zero-order valence-corrected chi connectivity index (χ0v) is 12.8. The number of sulfonamides is 1. The first-order valence-corrected chi connectivity index (χ1v) is 8.48. The summed E-state index contributed by atoms with van der Waals surface area (Å²) in [5, 5.41) is 0. The molecule has 0 unspecified atom stereocenters. The van der Waals surface area contributed by atoms with Crippen LogP contribution in [-0.4, -0.2) is 31.6 Å². The van der Waals surface area contributed by atoms with Crippen LogP contribution >= 0.6 is 0 Å². The summed E-state index contributed by atoms with van der Waals surface area (Å²) in [6, 6.07) is 7.06. The van der Waals surface area contributed by atoms with Crippen LogP contribution < -0.4 is 0 Å². The lowest BCUT2D eigenvalue weighted by atomic mass is 9.95. The number of nitrogens with zero attached hydrogens (tertiary/aromatic N) is 1. The first-order chi connectivity index (χ1) is 9.45. The molecule has 0 saturated carbocycles. The maximum Gasteiger partial charge on any atom is 0.243 e. The molecule has 0 aromatic heterocycles. The molecular formula is C15H21NO3S. The number of carbonyl (C=O) groups excluding carboxylic acids is 1. The predicted octanol–water partition coefficient (Wildman–Crippen LogP) is 2.24. The summed E-state index contributed by atoms with van der Waals surface area (Å²) in [6.07, 6.45) is 2.15. The van der Waals surface area contributed by atoms with Crippen molar-refractivity contribution in [1.82, 2.24) is 4.31 Å². The number of hydrogen-bond donors (Lipinski definition) is 0. The van der Waals surface area contributed by atoms with Gasteiger partial charge < -0.3 is 0 Å². The van der Waals surface area contributed by atoms with Crippen molar-refractivity contribution in [2.24, 2.45) is 5.92 Å². The van der Waals surface area contributed by atoms with Crippen LogP contribution in [0.1, 0.15) is 32.3 Å². The highest BCUT2D eigenvalue weighted by molar-refractivity contribution is 7.89. The van der Waals surface area contributed by atoms with Gasteiger partial charge in [-0.05, 0) is 43.9 Å². The zero-order chi connectivity index (χ0) is 14.8. The number of piperidine rings is 1. The van der Waals surface area contributed by atoms with Crippen LogP contribution in [0, 0.1) is 5.92 Å². The van der Waals surface area contributed by atoms with Crippen LogP contribution in [0.4, 0.5) is 0 Å². The smallest absolute Gasteiger partial charge is 0.243 e. The number of aryl methyl sites for hydroxylation is 1. The number of Topliss-reactive ketones (excluding diaryl/α,β-unsaturated/α-hetero) is 1. The molecule has 1 heterocycles. The molecule has 0 bridgehead atoms. The van der Waals surface area contributed by atoms with E-state index in [-0.39, 0.29) is 11.7 Å². The zero-order valence-electron chi connectivity index (χ0n) is 12.0. The van der Waals surface area contributed by atoms with Gasteiger partial charge in [-0.25, -0.2) is 8.42 Å². The highest BCUT2D eigenvalue weighted by Crippen LogP contribution is 2.24. The van der Waals surface area contributed by atoms with Crippen molar-refractivity contribution >= 4 is 15.8 Å². The summed E-state index contributed by atoms with van der Waals surface area (Å²) in [5.74, 6) is 0.179. The van der Waals surface area contributed by atoms with E-state index in [4.69, 9.17) is 0 Å². The fourth-order valence-corrected chi connectivity index (χ4v) is 4.02. The topological polar surface area (TPSA) is 54.5 Å². The van der Waals surface area contributed by atoms with E-state index in [1.165, 1.54) is 4.31 Å². The second-order valence-corrected chi connectivity index (χ2v) is 7.22. The van der Waals surface area contributed by atoms with Gasteiger partial charge in [-0.1, -0.05) is 19.1 Å². The molecule has 0 amide bonds. The number of hydrogen-bond acceptors (Lipinski definition) is 3. The van der Waals surface area contributed by atoms with Crippen LogP contribution in [0.25, 0.3) is 0 Å². The Morgan fingerprint density at radius 3 is 2.20 bits per heavy atom. The molecule has 1 saturated heterocycles. The van der Waals surface area contributed by atoms with Crippen molar-refractivity contribution < 1.29 is 13.2 Å². The largest absolute Gasteiger partial charge is 0.300 e.